The largest absolute Gasteiger partial charge is 0.337 e. The standard InChI is InChI=1S/C24H26N4O/c1-14-9-15(2)22(10-21(14)23-16(3)17(4)26-27-23)24(29)28-12-20(13-28)19-7-5-18(11-25)6-8-19/h5,7,9-10,20H,6,8,12-13H2,1-4H3,(H,26,27). The number of nitrogens with one attached hydrogen (secondary N) is 1. The van der Waals surface area contributed by atoms with E-state index in [9.17, 15) is 4.79 Å². The monoisotopic (exact) mass is 386 g/mol. The quantitative estimate of drug-likeness (QED) is 0.841. The summed E-state index contributed by atoms with van der Waals surface area (Å²) < 4.78 is 0. The summed E-state index contributed by atoms with van der Waals surface area (Å²) in [4.78, 5) is 15.1. The van der Waals surface area contributed by atoms with Crippen LogP contribution >= 0.6 is 0 Å². The highest BCUT2D eigenvalue weighted by Crippen LogP contribution is 2.33. The number of carbonyl (C=O) groups excluding carboxylic acids is 1. The summed E-state index contributed by atoms with van der Waals surface area (Å²) in [5, 5.41) is 16.5. The van der Waals surface area contributed by atoms with Gasteiger partial charge in [0.1, 0.15) is 0 Å². The van der Waals surface area contributed by atoms with Crippen LogP contribution in [-0.2, 0) is 0 Å². The molecule has 1 aliphatic carbocycles. The number of H-pyrrole nitrogens is 1. The zero-order valence-corrected chi connectivity index (χ0v) is 17.5. The van der Waals surface area contributed by atoms with Gasteiger partial charge in [-0.15, -0.1) is 0 Å². The summed E-state index contributed by atoms with van der Waals surface area (Å²) in [7, 11) is 0. The molecule has 0 unspecified atom stereocenters. The van der Waals surface area contributed by atoms with Crippen molar-refractivity contribution in [3.8, 4) is 17.3 Å². The molecule has 0 saturated carbocycles. The molecule has 1 saturated heterocycles. The minimum absolute atomic E-state index is 0.0922. The van der Waals surface area contributed by atoms with E-state index < -0.39 is 0 Å². The molecule has 0 spiro atoms. The number of hydrogen-bond donors (Lipinski definition) is 1. The van der Waals surface area contributed by atoms with Gasteiger partial charge in [-0.25, -0.2) is 0 Å². The third kappa shape index (κ3) is 3.40. The van der Waals surface area contributed by atoms with Crippen molar-refractivity contribution in [3.63, 3.8) is 0 Å². The fourth-order valence-electron chi connectivity index (χ4n) is 4.22. The number of nitrogens with zero attached hydrogens (tertiary/aromatic N) is 3. The summed E-state index contributed by atoms with van der Waals surface area (Å²) in [5.74, 6) is 0.506. The average molecular weight is 386 g/mol. The fourth-order valence-corrected chi connectivity index (χ4v) is 4.22. The number of allylic oxidation sites excluding steroid dienone is 3. The number of rotatable bonds is 3. The Bertz CT molecular complexity index is 1090. The highest BCUT2D eigenvalue weighted by atomic mass is 16.2. The van der Waals surface area contributed by atoms with E-state index in [-0.39, 0.29) is 5.91 Å². The summed E-state index contributed by atoms with van der Waals surface area (Å²) in [5.41, 5.74) is 9.19. The van der Waals surface area contributed by atoms with Crippen LogP contribution in [0.15, 0.2) is 35.4 Å². The first-order valence-corrected chi connectivity index (χ1v) is 10.1. The van der Waals surface area contributed by atoms with Gasteiger partial charge in [0.15, 0.2) is 0 Å². The second-order valence-electron chi connectivity index (χ2n) is 8.26. The molecule has 2 heterocycles. The van der Waals surface area contributed by atoms with E-state index in [1.807, 2.05) is 30.9 Å². The smallest absolute Gasteiger partial charge is 0.254 e. The van der Waals surface area contributed by atoms with Crippen molar-refractivity contribution in [2.75, 3.05) is 13.1 Å². The van der Waals surface area contributed by atoms with Crippen molar-refractivity contribution in [2.45, 2.75) is 40.5 Å². The lowest BCUT2D eigenvalue weighted by atomic mass is 9.84. The maximum atomic E-state index is 13.2. The molecule has 1 aromatic carbocycles. The van der Waals surface area contributed by atoms with Crippen molar-refractivity contribution < 1.29 is 4.79 Å². The maximum Gasteiger partial charge on any atom is 0.254 e. The Morgan fingerprint density at radius 2 is 1.90 bits per heavy atom. The number of carbonyl (C=O) groups is 1. The van der Waals surface area contributed by atoms with Crippen LogP contribution < -0.4 is 0 Å². The van der Waals surface area contributed by atoms with Gasteiger partial charge in [0, 0.05) is 41.4 Å². The van der Waals surface area contributed by atoms with E-state index in [1.165, 1.54) is 5.57 Å². The lowest BCUT2D eigenvalue weighted by Gasteiger charge is -2.41. The number of aryl methyl sites for hydroxylation is 3. The molecule has 1 aromatic heterocycles. The third-order valence-electron chi connectivity index (χ3n) is 6.33. The summed E-state index contributed by atoms with van der Waals surface area (Å²) in [6, 6.07) is 6.32. The van der Waals surface area contributed by atoms with E-state index in [1.54, 1.807) is 0 Å². The van der Waals surface area contributed by atoms with E-state index in [0.717, 1.165) is 70.7 Å². The van der Waals surface area contributed by atoms with Gasteiger partial charge < -0.3 is 4.90 Å². The zero-order chi connectivity index (χ0) is 20.7. The highest BCUT2D eigenvalue weighted by Gasteiger charge is 2.34. The molecule has 2 aliphatic rings. The van der Waals surface area contributed by atoms with E-state index in [0.29, 0.717) is 5.92 Å². The Kier molecular flexibility index (Phi) is 4.87. The van der Waals surface area contributed by atoms with Gasteiger partial charge >= 0.3 is 0 Å². The second kappa shape index (κ2) is 7.36. The number of benzene rings is 1. The topological polar surface area (TPSA) is 72.8 Å². The molecule has 0 atom stereocenters. The lowest BCUT2D eigenvalue weighted by molar-refractivity contribution is 0.0549. The van der Waals surface area contributed by atoms with Crippen LogP contribution in [0.5, 0.6) is 0 Å². The van der Waals surface area contributed by atoms with Gasteiger partial charge in [-0.05, 0) is 69.4 Å². The summed E-state index contributed by atoms with van der Waals surface area (Å²) >= 11 is 0. The second-order valence-corrected chi connectivity index (χ2v) is 8.26. The highest BCUT2D eigenvalue weighted by molar-refractivity contribution is 5.97. The molecular weight excluding hydrogens is 360 g/mol. The molecule has 0 radical (unpaired) electrons. The Hall–Kier alpha value is -3.13. The Morgan fingerprint density at radius 1 is 1.14 bits per heavy atom. The minimum Gasteiger partial charge on any atom is -0.337 e. The Morgan fingerprint density at radius 3 is 2.48 bits per heavy atom. The first-order valence-electron chi connectivity index (χ1n) is 10.1. The fraction of sp³-hybridized carbons (Fsp3) is 0.375. The van der Waals surface area contributed by atoms with Crippen molar-refractivity contribution in [1.29, 1.82) is 5.26 Å². The van der Waals surface area contributed by atoms with Gasteiger partial charge in [0.05, 0.1) is 11.8 Å². The first kappa shape index (κ1) is 19.2. The number of likely N-dealkylation sites (tertiary alicyclic amines) is 1. The molecule has 5 nitrogen and oxygen atoms in total. The van der Waals surface area contributed by atoms with Gasteiger partial charge in [0.2, 0.25) is 0 Å². The van der Waals surface area contributed by atoms with Crippen LogP contribution in [0.4, 0.5) is 0 Å². The molecule has 1 amide bonds. The lowest BCUT2D eigenvalue weighted by Crippen LogP contribution is -2.50. The molecule has 29 heavy (non-hydrogen) atoms. The van der Waals surface area contributed by atoms with Crippen molar-refractivity contribution >= 4 is 5.91 Å². The average Bonchev–Trinajstić information content (AvgIpc) is 3.00. The van der Waals surface area contributed by atoms with Crippen molar-refractivity contribution in [2.24, 2.45) is 5.92 Å². The van der Waals surface area contributed by atoms with Crippen LogP contribution in [0.2, 0.25) is 0 Å². The van der Waals surface area contributed by atoms with Crippen LogP contribution in [0, 0.1) is 44.9 Å². The van der Waals surface area contributed by atoms with Gasteiger partial charge in [-0.3, -0.25) is 9.89 Å². The van der Waals surface area contributed by atoms with E-state index in [2.05, 4.69) is 42.3 Å². The van der Waals surface area contributed by atoms with Gasteiger partial charge in [-0.2, -0.15) is 10.4 Å². The van der Waals surface area contributed by atoms with E-state index in [4.69, 9.17) is 5.26 Å². The molecule has 4 rings (SSSR count). The van der Waals surface area contributed by atoms with Gasteiger partial charge in [0.25, 0.3) is 5.91 Å². The number of amides is 1. The van der Waals surface area contributed by atoms with Crippen LogP contribution in [0.3, 0.4) is 0 Å². The molecule has 148 valence electrons. The van der Waals surface area contributed by atoms with E-state index >= 15 is 0 Å². The van der Waals surface area contributed by atoms with Crippen molar-refractivity contribution in [1.82, 2.24) is 15.1 Å². The normalized spacial score (nSPS) is 16.7. The summed E-state index contributed by atoms with van der Waals surface area (Å²) in [6.07, 6.45) is 5.74. The minimum atomic E-state index is 0.0922. The SMILES string of the molecule is Cc1cc(C)c(-c2n[nH]c(C)c2C)cc1C(=O)N1CC(C2=CC=C(C#N)CC2)C1. The Balaban J connectivity index is 1.54. The van der Waals surface area contributed by atoms with Crippen LogP contribution in [0.1, 0.15) is 45.6 Å². The molecule has 1 fully saturated rings. The molecule has 5 heteroatoms. The van der Waals surface area contributed by atoms with Crippen LogP contribution in [0.25, 0.3) is 11.3 Å². The first-order chi connectivity index (χ1) is 13.9. The zero-order valence-electron chi connectivity index (χ0n) is 17.5. The maximum absolute atomic E-state index is 13.2. The summed E-state index contributed by atoms with van der Waals surface area (Å²) in [6.45, 7) is 9.64. The number of aromatic amines is 1. The predicted molar refractivity (Wildman–Crippen MR) is 113 cm³/mol. The molecule has 1 N–H and O–H groups in total. The number of nitriles is 1. The molecular formula is C24H26N4O. The van der Waals surface area contributed by atoms with Crippen LogP contribution in [-0.4, -0.2) is 34.1 Å². The Labute approximate surface area is 171 Å². The molecule has 0 bridgehead atoms. The van der Waals surface area contributed by atoms with Crippen molar-refractivity contribution in [3.05, 3.63) is 63.4 Å². The number of hydrogen-bond acceptors (Lipinski definition) is 3. The molecule has 1 aliphatic heterocycles. The van der Waals surface area contributed by atoms with Gasteiger partial charge in [-0.1, -0.05) is 17.7 Å². The number of aromatic nitrogens is 2. The predicted octanol–water partition coefficient (Wildman–Crippen LogP) is 4.55. The molecule has 2 aromatic rings. The third-order valence-corrected chi connectivity index (χ3v) is 6.33.